The van der Waals surface area contributed by atoms with Crippen LogP contribution in [0.4, 0.5) is 0 Å². The van der Waals surface area contributed by atoms with Crippen LogP contribution in [0.3, 0.4) is 0 Å². The monoisotopic (exact) mass is 106 g/mol. The molecule has 0 aromatic heterocycles. The van der Waals surface area contributed by atoms with E-state index in [1.165, 1.54) is 0 Å². The van der Waals surface area contributed by atoms with Crippen molar-refractivity contribution in [1.29, 1.82) is 0 Å². The van der Waals surface area contributed by atoms with Crippen LogP contribution in [0.25, 0.3) is 0 Å². The third-order valence-corrected chi connectivity index (χ3v) is 1.19. The summed E-state index contributed by atoms with van der Waals surface area (Å²) in [7, 11) is 0. The maximum Gasteiger partial charge on any atom is 0.159 e. The Balaban J connectivity index is 2.18. The first kappa shape index (κ1) is 4.43. The minimum Gasteiger partial charge on any atom is -0.289 e. The topological polar surface area (TPSA) is 18.5 Å². The van der Waals surface area contributed by atoms with Gasteiger partial charge in [-0.3, -0.25) is 8.37 Å². The molecule has 1 fully saturated rings. The van der Waals surface area contributed by atoms with E-state index in [1.54, 1.807) is 0 Å². The van der Waals surface area contributed by atoms with Gasteiger partial charge in [0.05, 0.1) is 12.7 Å². The van der Waals surface area contributed by atoms with Gasteiger partial charge in [-0.2, -0.15) is 0 Å². The molecule has 6 heavy (non-hydrogen) atoms. The molecule has 3 heteroatoms. The van der Waals surface area contributed by atoms with Crippen LogP contribution in [-0.4, -0.2) is 12.7 Å². The van der Waals surface area contributed by atoms with E-state index < -0.39 is 0 Å². The first-order valence-corrected chi connectivity index (χ1v) is 2.51. The highest BCUT2D eigenvalue weighted by Crippen LogP contribution is 2.17. The highest BCUT2D eigenvalue weighted by molar-refractivity contribution is 7.90. The summed E-state index contributed by atoms with van der Waals surface area (Å²) in [4.78, 5) is 0. The summed E-state index contributed by atoms with van der Waals surface area (Å²) in [6, 6.07) is 0. The molecule has 36 valence electrons. The van der Waals surface area contributed by atoms with E-state index in [0.717, 1.165) is 18.9 Å². The maximum absolute atomic E-state index is 4.85. The molecule has 0 N–H and O–H groups in total. The van der Waals surface area contributed by atoms with E-state index in [1.807, 2.05) is 6.92 Å². The number of hydrogen-bond acceptors (Lipinski definition) is 3. The SMILES string of the molecule is C[C@@H]1COSO1. The van der Waals surface area contributed by atoms with Gasteiger partial charge in [0.1, 0.15) is 0 Å². The van der Waals surface area contributed by atoms with Crippen molar-refractivity contribution in [1.82, 2.24) is 0 Å². The van der Waals surface area contributed by atoms with Crippen molar-refractivity contribution in [3.8, 4) is 0 Å². The number of rotatable bonds is 0. The van der Waals surface area contributed by atoms with Crippen molar-refractivity contribution in [2.24, 2.45) is 0 Å². The molecule has 1 heterocycles. The molecule has 0 spiro atoms. The standard InChI is InChI=1S/C3H6O2S/c1-3-2-4-6-5-3/h3H,2H2,1H3/t3-/m1/s1. The van der Waals surface area contributed by atoms with E-state index in [4.69, 9.17) is 8.37 Å². The fourth-order valence-corrected chi connectivity index (χ4v) is 0.739. The van der Waals surface area contributed by atoms with E-state index in [-0.39, 0.29) is 6.10 Å². The fraction of sp³-hybridized carbons (Fsp3) is 1.00. The highest BCUT2D eigenvalue weighted by Gasteiger charge is 2.10. The van der Waals surface area contributed by atoms with E-state index >= 15 is 0 Å². The summed E-state index contributed by atoms with van der Waals surface area (Å²) in [5.41, 5.74) is 0. The summed E-state index contributed by atoms with van der Waals surface area (Å²) < 4.78 is 9.60. The Kier molecular flexibility index (Phi) is 1.34. The minimum absolute atomic E-state index is 0.287. The van der Waals surface area contributed by atoms with Crippen molar-refractivity contribution >= 4 is 12.3 Å². The second-order valence-corrected chi connectivity index (χ2v) is 1.82. The first-order valence-electron chi connectivity index (χ1n) is 1.84. The molecule has 0 aliphatic carbocycles. The average Bonchev–Trinajstić information content (AvgIpc) is 1.86. The molecule has 2 nitrogen and oxygen atoms in total. The van der Waals surface area contributed by atoms with Crippen molar-refractivity contribution < 1.29 is 8.37 Å². The fourth-order valence-electron chi connectivity index (χ4n) is 0.246. The predicted octanol–water partition coefficient (Wildman–Crippen LogP) is 0.985. The third kappa shape index (κ3) is 0.864. The zero-order valence-electron chi connectivity index (χ0n) is 3.51. The zero-order valence-corrected chi connectivity index (χ0v) is 4.33. The van der Waals surface area contributed by atoms with Crippen molar-refractivity contribution in [3.05, 3.63) is 0 Å². The van der Waals surface area contributed by atoms with Crippen LogP contribution in [0, 0.1) is 0 Å². The summed E-state index contributed by atoms with van der Waals surface area (Å²) >= 11 is 1.08. The molecule has 1 aliphatic rings. The van der Waals surface area contributed by atoms with E-state index in [0.29, 0.717) is 0 Å². The lowest BCUT2D eigenvalue weighted by Gasteiger charge is -1.87. The second-order valence-electron chi connectivity index (χ2n) is 1.26. The van der Waals surface area contributed by atoms with Gasteiger partial charge in [0.15, 0.2) is 12.3 Å². The molecule has 0 saturated carbocycles. The van der Waals surface area contributed by atoms with Gasteiger partial charge in [0, 0.05) is 0 Å². The third-order valence-electron chi connectivity index (χ3n) is 0.554. The molecule has 1 aliphatic heterocycles. The van der Waals surface area contributed by atoms with Crippen LogP contribution >= 0.6 is 12.3 Å². The maximum atomic E-state index is 4.85. The second kappa shape index (κ2) is 1.82. The summed E-state index contributed by atoms with van der Waals surface area (Å²) in [5, 5.41) is 0. The minimum atomic E-state index is 0.287. The Morgan fingerprint density at radius 2 is 2.67 bits per heavy atom. The summed E-state index contributed by atoms with van der Waals surface area (Å²) in [6.07, 6.45) is 0.287. The summed E-state index contributed by atoms with van der Waals surface area (Å²) in [5.74, 6) is 0. The van der Waals surface area contributed by atoms with Gasteiger partial charge in [-0.15, -0.1) is 0 Å². The molecular formula is C3H6O2S. The molecular weight excluding hydrogens is 100 g/mol. The van der Waals surface area contributed by atoms with Crippen LogP contribution in [0.2, 0.25) is 0 Å². The Bertz CT molecular complexity index is 42.1. The van der Waals surface area contributed by atoms with Gasteiger partial charge in [-0.05, 0) is 6.92 Å². The predicted molar refractivity (Wildman–Crippen MR) is 24.1 cm³/mol. The van der Waals surface area contributed by atoms with Gasteiger partial charge >= 0.3 is 0 Å². The lowest BCUT2D eigenvalue weighted by atomic mass is 10.5. The Labute approximate surface area is 41.2 Å². The largest absolute Gasteiger partial charge is 0.289 e. The van der Waals surface area contributed by atoms with E-state index in [9.17, 15) is 0 Å². The first-order chi connectivity index (χ1) is 2.89. The van der Waals surface area contributed by atoms with Crippen molar-refractivity contribution in [3.63, 3.8) is 0 Å². The quantitative estimate of drug-likeness (QED) is 0.429. The van der Waals surface area contributed by atoms with Crippen LogP contribution in [0.5, 0.6) is 0 Å². The molecule has 1 atom stereocenters. The molecule has 1 saturated heterocycles. The molecule has 0 amide bonds. The van der Waals surface area contributed by atoms with Crippen molar-refractivity contribution in [2.45, 2.75) is 13.0 Å². The van der Waals surface area contributed by atoms with E-state index in [2.05, 4.69) is 0 Å². The van der Waals surface area contributed by atoms with Gasteiger partial charge < -0.3 is 0 Å². The lowest BCUT2D eigenvalue weighted by molar-refractivity contribution is 0.264. The Morgan fingerprint density at radius 1 is 1.83 bits per heavy atom. The van der Waals surface area contributed by atoms with Crippen LogP contribution < -0.4 is 0 Å². The Hall–Kier alpha value is 0.270. The van der Waals surface area contributed by atoms with Gasteiger partial charge in [0.2, 0.25) is 0 Å². The zero-order chi connectivity index (χ0) is 4.41. The van der Waals surface area contributed by atoms with Crippen LogP contribution in [0.1, 0.15) is 6.92 Å². The average molecular weight is 106 g/mol. The number of hydrogen-bond donors (Lipinski definition) is 0. The summed E-state index contributed by atoms with van der Waals surface area (Å²) in [6.45, 7) is 2.70. The molecule has 0 bridgehead atoms. The van der Waals surface area contributed by atoms with Gasteiger partial charge in [-0.25, -0.2) is 0 Å². The van der Waals surface area contributed by atoms with Gasteiger partial charge in [0.25, 0.3) is 0 Å². The highest BCUT2D eigenvalue weighted by atomic mass is 32.2. The molecule has 0 radical (unpaired) electrons. The molecule has 0 aromatic rings. The van der Waals surface area contributed by atoms with Crippen molar-refractivity contribution in [2.75, 3.05) is 6.61 Å². The van der Waals surface area contributed by atoms with Gasteiger partial charge in [-0.1, -0.05) is 0 Å². The normalized spacial score (nSPS) is 34.5. The molecule has 1 rings (SSSR count). The smallest absolute Gasteiger partial charge is 0.159 e. The molecule has 0 unspecified atom stereocenters. The Morgan fingerprint density at radius 3 is 2.83 bits per heavy atom. The lowest BCUT2D eigenvalue weighted by Crippen LogP contribution is -1.99. The van der Waals surface area contributed by atoms with Crippen LogP contribution in [0.15, 0.2) is 0 Å². The molecule has 0 aromatic carbocycles. The van der Waals surface area contributed by atoms with Crippen LogP contribution in [-0.2, 0) is 8.37 Å².